The Kier molecular flexibility index (Phi) is 4.18. The molecule has 17 heavy (non-hydrogen) atoms. The summed E-state index contributed by atoms with van der Waals surface area (Å²) in [5.74, 6) is 0. The maximum absolute atomic E-state index is 4.25. The highest BCUT2D eigenvalue weighted by Gasteiger charge is 1.99. The van der Waals surface area contributed by atoms with Crippen molar-refractivity contribution in [2.45, 2.75) is 13.5 Å². The van der Waals surface area contributed by atoms with Crippen molar-refractivity contribution in [3.8, 4) is 0 Å². The minimum atomic E-state index is 0.794. The SMILES string of the molecule is Cc1cc(NCc2cccc(Br)c2)cnc1Br. The molecule has 0 aliphatic heterocycles. The standard InChI is InChI=1S/C13H12Br2N2/c1-9-5-12(8-17-13(9)15)16-7-10-3-2-4-11(14)6-10/h2-6,8,16H,7H2,1H3. The zero-order valence-corrected chi connectivity index (χ0v) is 12.5. The summed E-state index contributed by atoms with van der Waals surface area (Å²) in [6.45, 7) is 2.82. The van der Waals surface area contributed by atoms with Crippen molar-refractivity contribution in [2.24, 2.45) is 0 Å². The quantitative estimate of drug-likeness (QED) is 0.818. The Morgan fingerprint density at radius 1 is 1.24 bits per heavy atom. The number of rotatable bonds is 3. The van der Waals surface area contributed by atoms with Gasteiger partial charge in [0, 0.05) is 11.0 Å². The van der Waals surface area contributed by atoms with Crippen molar-refractivity contribution >= 4 is 37.5 Å². The fourth-order valence-corrected chi connectivity index (χ4v) is 2.17. The first kappa shape index (κ1) is 12.6. The average Bonchev–Trinajstić information content (AvgIpc) is 2.31. The summed E-state index contributed by atoms with van der Waals surface area (Å²) in [4.78, 5) is 4.25. The molecule has 2 rings (SSSR count). The number of hydrogen-bond acceptors (Lipinski definition) is 2. The number of aryl methyl sites for hydroxylation is 1. The summed E-state index contributed by atoms with van der Waals surface area (Å²) in [6, 6.07) is 10.3. The van der Waals surface area contributed by atoms with Gasteiger partial charge in [-0.25, -0.2) is 4.98 Å². The normalized spacial score (nSPS) is 10.3. The van der Waals surface area contributed by atoms with Gasteiger partial charge in [-0.3, -0.25) is 0 Å². The molecule has 0 fully saturated rings. The van der Waals surface area contributed by atoms with Crippen LogP contribution in [-0.2, 0) is 6.54 Å². The number of halogens is 2. The van der Waals surface area contributed by atoms with Crippen molar-refractivity contribution in [2.75, 3.05) is 5.32 Å². The Morgan fingerprint density at radius 3 is 2.76 bits per heavy atom. The van der Waals surface area contributed by atoms with Gasteiger partial charge in [0.25, 0.3) is 0 Å². The van der Waals surface area contributed by atoms with Gasteiger partial charge in [-0.1, -0.05) is 28.1 Å². The van der Waals surface area contributed by atoms with Crippen molar-refractivity contribution in [3.63, 3.8) is 0 Å². The lowest BCUT2D eigenvalue weighted by Crippen LogP contribution is -2.00. The maximum Gasteiger partial charge on any atom is 0.109 e. The number of aromatic nitrogens is 1. The molecule has 88 valence electrons. The summed E-state index contributed by atoms with van der Waals surface area (Å²) in [6.07, 6.45) is 1.83. The molecule has 2 nitrogen and oxygen atoms in total. The second kappa shape index (κ2) is 5.65. The largest absolute Gasteiger partial charge is 0.380 e. The van der Waals surface area contributed by atoms with Crippen LogP contribution < -0.4 is 5.32 Å². The van der Waals surface area contributed by atoms with Crippen LogP contribution in [0.1, 0.15) is 11.1 Å². The molecule has 0 atom stereocenters. The lowest BCUT2D eigenvalue weighted by Gasteiger charge is -2.08. The summed E-state index contributed by atoms with van der Waals surface area (Å²) in [5.41, 5.74) is 3.40. The van der Waals surface area contributed by atoms with E-state index < -0.39 is 0 Å². The first-order valence-electron chi connectivity index (χ1n) is 5.25. The van der Waals surface area contributed by atoms with Gasteiger partial charge in [0.05, 0.1) is 11.9 Å². The number of benzene rings is 1. The predicted molar refractivity (Wildman–Crippen MR) is 78.1 cm³/mol. The number of nitrogens with one attached hydrogen (secondary N) is 1. The van der Waals surface area contributed by atoms with Gasteiger partial charge >= 0.3 is 0 Å². The lowest BCUT2D eigenvalue weighted by atomic mass is 10.2. The average molecular weight is 356 g/mol. The zero-order valence-electron chi connectivity index (χ0n) is 9.37. The monoisotopic (exact) mass is 354 g/mol. The van der Waals surface area contributed by atoms with Crippen molar-refractivity contribution in [3.05, 3.63) is 56.7 Å². The predicted octanol–water partition coefficient (Wildman–Crippen LogP) is 4.53. The van der Waals surface area contributed by atoms with Gasteiger partial charge in [0.1, 0.15) is 4.60 Å². The van der Waals surface area contributed by atoms with Gasteiger partial charge < -0.3 is 5.32 Å². The Labute approximate surface area is 118 Å². The summed E-state index contributed by atoms with van der Waals surface area (Å²) >= 11 is 6.85. The van der Waals surface area contributed by atoms with Gasteiger partial charge in [0.2, 0.25) is 0 Å². The molecule has 0 aliphatic carbocycles. The van der Waals surface area contributed by atoms with E-state index in [9.17, 15) is 0 Å². The van der Waals surface area contributed by atoms with E-state index in [1.165, 1.54) is 5.56 Å². The van der Waals surface area contributed by atoms with Crippen LogP contribution in [0.4, 0.5) is 5.69 Å². The van der Waals surface area contributed by atoms with Crippen molar-refractivity contribution in [1.29, 1.82) is 0 Å². The molecule has 0 spiro atoms. The first-order chi connectivity index (χ1) is 8.15. The Hall–Kier alpha value is -0.870. The van der Waals surface area contributed by atoms with Crippen LogP contribution >= 0.6 is 31.9 Å². The molecule has 0 saturated heterocycles. The van der Waals surface area contributed by atoms with Crippen LogP contribution in [0.25, 0.3) is 0 Å². The van der Waals surface area contributed by atoms with Crippen LogP contribution in [0, 0.1) is 6.92 Å². The zero-order chi connectivity index (χ0) is 12.3. The van der Waals surface area contributed by atoms with Gasteiger partial charge in [-0.2, -0.15) is 0 Å². The van der Waals surface area contributed by atoms with E-state index in [0.29, 0.717) is 0 Å². The van der Waals surface area contributed by atoms with E-state index in [-0.39, 0.29) is 0 Å². The third-order valence-electron chi connectivity index (χ3n) is 2.40. The van der Waals surface area contributed by atoms with Crippen LogP contribution in [0.5, 0.6) is 0 Å². The van der Waals surface area contributed by atoms with Gasteiger partial charge in [-0.05, 0) is 52.2 Å². The van der Waals surface area contributed by atoms with E-state index in [1.807, 2.05) is 25.3 Å². The molecule has 1 aromatic heterocycles. The third kappa shape index (κ3) is 3.54. The van der Waals surface area contributed by atoms with Crippen LogP contribution in [0.3, 0.4) is 0 Å². The molecule has 0 unspecified atom stereocenters. The second-order valence-electron chi connectivity index (χ2n) is 3.82. The molecule has 0 saturated carbocycles. The smallest absolute Gasteiger partial charge is 0.109 e. The molecule has 4 heteroatoms. The van der Waals surface area contributed by atoms with E-state index in [2.05, 4.69) is 60.4 Å². The topological polar surface area (TPSA) is 24.9 Å². The summed E-state index contributed by atoms with van der Waals surface area (Å²) in [7, 11) is 0. The maximum atomic E-state index is 4.25. The summed E-state index contributed by atoms with van der Waals surface area (Å²) < 4.78 is 1.99. The second-order valence-corrected chi connectivity index (χ2v) is 5.48. The molecule has 0 aliphatic rings. The molecule has 0 amide bonds. The molecule has 0 bridgehead atoms. The Bertz CT molecular complexity index is 527. The number of nitrogens with zero attached hydrogens (tertiary/aromatic N) is 1. The Morgan fingerprint density at radius 2 is 2.06 bits per heavy atom. The van der Waals surface area contributed by atoms with Crippen molar-refractivity contribution < 1.29 is 0 Å². The van der Waals surface area contributed by atoms with E-state index in [1.54, 1.807) is 0 Å². The van der Waals surface area contributed by atoms with E-state index in [4.69, 9.17) is 0 Å². The highest BCUT2D eigenvalue weighted by molar-refractivity contribution is 9.10. The van der Waals surface area contributed by atoms with Crippen LogP contribution in [0.15, 0.2) is 45.6 Å². The molecule has 1 N–H and O–H groups in total. The molecular weight excluding hydrogens is 344 g/mol. The minimum absolute atomic E-state index is 0.794. The minimum Gasteiger partial charge on any atom is -0.380 e. The fourth-order valence-electron chi connectivity index (χ4n) is 1.51. The summed E-state index contributed by atoms with van der Waals surface area (Å²) in [5, 5.41) is 3.35. The van der Waals surface area contributed by atoms with Crippen LogP contribution in [-0.4, -0.2) is 4.98 Å². The molecule has 1 aromatic carbocycles. The van der Waals surface area contributed by atoms with E-state index in [0.717, 1.165) is 26.9 Å². The molecule has 2 aromatic rings. The third-order valence-corrected chi connectivity index (χ3v) is 3.72. The number of anilines is 1. The Balaban J connectivity index is 2.05. The van der Waals surface area contributed by atoms with Gasteiger partial charge in [-0.15, -0.1) is 0 Å². The first-order valence-corrected chi connectivity index (χ1v) is 6.84. The van der Waals surface area contributed by atoms with Gasteiger partial charge in [0.15, 0.2) is 0 Å². The van der Waals surface area contributed by atoms with E-state index >= 15 is 0 Å². The van der Waals surface area contributed by atoms with Crippen LogP contribution in [0.2, 0.25) is 0 Å². The molecule has 0 radical (unpaired) electrons. The highest BCUT2D eigenvalue weighted by Crippen LogP contribution is 2.18. The lowest BCUT2D eigenvalue weighted by molar-refractivity contribution is 1.12. The fraction of sp³-hybridized carbons (Fsp3) is 0.154. The number of pyridine rings is 1. The van der Waals surface area contributed by atoms with Crippen molar-refractivity contribution in [1.82, 2.24) is 4.98 Å². The highest BCUT2D eigenvalue weighted by atomic mass is 79.9. The number of hydrogen-bond donors (Lipinski definition) is 1. The molecule has 1 heterocycles. The molecular formula is C13H12Br2N2.